The minimum atomic E-state index is 0.606. The molecule has 0 radical (unpaired) electrons. The average Bonchev–Trinajstić information content (AvgIpc) is 3.40. The number of nitrogens with zero attached hydrogens (tertiary/aromatic N) is 2. The third kappa shape index (κ3) is 2.95. The van der Waals surface area contributed by atoms with Crippen molar-refractivity contribution in [3.05, 3.63) is 79.3 Å². The average molecular weight is 391 g/mol. The van der Waals surface area contributed by atoms with Gasteiger partial charge in [-0.05, 0) is 54.7 Å². The zero-order chi connectivity index (χ0) is 20.1. The van der Waals surface area contributed by atoms with Crippen LogP contribution in [0.4, 0.5) is 5.69 Å². The number of aromatic amines is 2. The second-order valence-corrected chi connectivity index (χ2v) is 7.99. The van der Waals surface area contributed by atoms with Crippen molar-refractivity contribution in [1.29, 1.82) is 0 Å². The number of nitrogens with one attached hydrogen (secondary N) is 3. The zero-order valence-electron chi connectivity index (χ0n) is 16.4. The van der Waals surface area contributed by atoms with Crippen LogP contribution in [0, 0.1) is 5.92 Å². The highest BCUT2D eigenvalue weighted by molar-refractivity contribution is 5.97. The predicted molar refractivity (Wildman–Crippen MR) is 122 cm³/mol. The molecule has 1 saturated carbocycles. The molecule has 5 nitrogen and oxygen atoms in total. The summed E-state index contributed by atoms with van der Waals surface area (Å²) in [5.41, 5.74) is 8.29. The molecule has 5 aromatic rings. The first-order valence-electron chi connectivity index (χ1n) is 10.2. The Morgan fingerprint density at radius 3 is 2.73 bits per heavy atom. The fraction of sp³-hybridized carbons (Fsp3) is 0.120. The maximum atomic E-state index is 4.58. The standard InChI is InChI=1S/C25H21N5/c1-15(16-6-7-16)27-20-10-19(13-26-14-20)17-8-9-23-21(11-17)25(30-29-23)24-12-18-4-2-3-5-22(18)28-24/h2-5,8-14,16,27-28H,1,6-7H2,(H,29,30). The third-order valence-electron chi connectivity index (χ3n) is 5.79. The molecule has 1 aliphatic rings. The number of allylic oxidation sites excluding steroid dienone is 1. The molecular formula is C25H21N5. The molecule has 0 spiro atoms. The summed E-state index contributed by atoms with van der Waals surface area (Å²) >= 11 is 0. The van der Waals surface area contributed by atoms with Gasteiger partial charge in [-0.3, -0.25) is 10.1 Å². The molecule has 3 aromatic heterocycles. The molecule has 146 valence electrons. The number of hydrogen-bond donors (Lipinski definition) is 3. The maximum Gasteiger partial charge on any atom is 0.116 e. The molecule has 0 aliphatic heterocycles. The molecule has 30 heavy (non-hydrogen) atoms. The molecule has 1 fully saturated rings. The van der Waals surface area contributed by atoms with Crippen LogP contribution >= 0.6 is 0 Å². The highest BCUT2D eigenvalue weighted by Crippen LogP contribution is 2.36. The Balaban J connectivity index is 1.40. The predicted octanol–water partition coefficient (Wildman–Crippen LogP) is 6.11. The van der Waals surface area contributed by atoms with Crippen LogP contribution in [0.2, 0.25) is 0 Å². The lowest BCUT2D eigenvalue weighted by atomic mass is 10.0. The van der Waals surface area contributed by atoms with E-state index in [4.69, 9.17) is 0 Å². The minimum Gasteiger partial charge on any atom is -0.358 e. The Hall–Kier alpha value is -3.86. The number of hydrogen-bond acceptors (Lipinski definition) is 3. The summed E-state index contributed by atoms with van der Waals surface area (Å²) in [5, 5.41) is 13.4. The molecule has 5 heteroatoms. The summed E-state index contributed by atoms with van der Waals surface area (Å²) in [6, 6.07) is 18.9. The van der Waals surface area contributed by atoms with Gasteiger partial charge in [0.05, 0.1) is 23.1 Å². The molecule has 3 N–H and O–H groups in total. The van der Waals surface area contributed by atoms with Gasteiger partial charge in [0.15, 0.2) is 0 Å². The van der Waals surface area contributed by atoms with Crippen molar-refractivity contribution >= 4 is 27.5 Å². The van der Waals surface area contributed by atoms with Crippen LogP contribution in [0.1, 0.15) is 12.8 Å². The van der Waals surface area contributed by atoms with Crippen LogP contribution in [-0.4, -0.2) is 20.2 Å². The first-order valence-corrected chi connectivity index (χ1v) is 10.2. The fourth-order valence-corrected chi connectivity index (χ4v) is 3.99. The lowest BCUT2D eigenvalue weighted by Crippen LogP contribution is -2.00. The first-order chi connectivity index (χ1) is 14.7. The summed E-state index contributed by atoms with van der Waals surface area (Å²) < 4.78 is 0. The van der Waals surface area contributed by atoms with E-state index < -0.39 is 0 Å². The van der Waals surface area contributed by atoms with Crippen LogP contribution < -0.4 is 5.32 Å². The van der Waals surface area contributed by atoms with Gasteiger partial charge >= 0.3 is 0 Å². The lowest BCUT2D eigenvalue weighted by molar-refractivity contribution is 1.02. The Morgan fingerprint density at radius 2 is 1.87 bits per heavy atom. The number of rotatable bonds is 5. The number of benzene rings is 2. The van der Waals surface area contributed by atoms with E-state index in [1.54, 1.807) is 0 Å². The van der Waals surface area contributed by atoms with E-state index in [0.717, 1.165) is 50.3 Å². The molecule has 1 aliphatic carbocycles. The van der Waals surface area contributed by atoms with Crippen molar-refractivity contribution < 1.29 is 0 Å². The summed E-state index contributed by atoms with van der Waals surface area (Å²) in [6.45, 7) is 4.16. The summed E-state index contributed by atoms with van der Waals surface area (Å²) in [6.07, 6.45) is 6.21. The van der Waals surface area contributed by atoms with Crippen LogP contribution in [0.25, 0.3) is 44.3 Å². The van der Waals surface area contributed by atoms with Gasteiger partial charge in [0.1, 0.15) is 5.69 Å². The molecule has 0 saturated heterocycles. The second-order valence-electron chi connectivity index (χ2n) is 7.99. The highest BCUT2D eigenvalue weighted by atomic mass is 15.1. The highest BCUT2D eigenvalue weighted by Gasteiger charge is 2.24. The smallest absolute Gasteiger partial charge is 0.116 e. The van der Waals surface area contributed by atoms with Gasteiger partial charge in [-0.15, -0.1) is 0 Å². The van der Waals surface area contributed by atoms with Crippen molar-refractivity contribution in [3.8, 4) is 22.5 Å². The van der Waals surface area contributed by atoms with E-state index in [2.05, 4.69) is 74.5 Å². The maximum absolute atomic E-state index is 4.58. The van der Waals surface area contributed by atoms with E-state index in [1.165, 1.54) is 18.2 Å². The van der Waals surface area contributed by atoms with Crippen molar-refractivity contribution in [2.75, 3.05) is 5.32 Å². The van der Waals surface area contributed by atoms with E-state index >= 15 is 0 Å². The molecule has 0 amide bonds. The van der Waals surface area contributed by atoms with Crippen LogP contribution in [-0.2, 0) is 0 Å². The van der Waals surface area contributed by atoms with Crippen molar-refractivity contribution in [1.82, 2.24) is 20.2 Å². The number of pyridine rings is 1. The van der Waals surface area contributed by atoms with E-state index in [-0.39, 0.29) is 0 Å². The van der Waals surface area contributed by atoms with Crippen molar-refractivity contribution in [2.45, 2.75) is 12.8 Å². The van der Waals surface area contributed by atoms with Crippen LogP contribution in [0.15, 0.2) is 79.3 Å². The third-order valence-corrected chi connectivity index (χ3v) is 5.79. The Kier molecular flexibility index (Phi) is 3.74. The minimum absolute atomic E-state index is 0.606. The lowest BCUT2D eigenvalue weighted by Gasteiger charge is -2.10. The normalized spacial score (nSPS) is 13.7. The Bertz CT molecular complexity index is 1370. The second kappa shape index (κ2) is 6.59. The van der Waals surface area contributed by atoms with Gasteiger partial charge in [-0.25, -0.2) is 0 Å². The molecule has 0 unspecified atom stereocenters. The number of anilines is 1. The largest absolute Gasteiger partial charge is 0.358 e. The fourth-order valence-electron chi connectivity index (χ4n) is 3.99. The molecule has 2 aromatic carbocycles. The van der Waals surface area contributed by atoms with Crippen molar-refractivity contribution in [3.63, 3.8) is 0 Å². The molecule has 3 heterocycles. The number of fused-ring (bicyclic) bond motifs is 2. The monoisotopic (exact) mass is 391 g/mol. The van der Waals surface area contributed by atoms with Crippen LogP contribution in [0.5, 0.6) is 0 Å². The van der Waals surface area contributed by atoms with E-state index in [1.807, 2.05) is 24.5 Å². The van der Waals surface area contributed by atoms with E-state index in [9.17, 15) is 0 Å². The van der Waals surface area contributed by atoms with Gasteiger partial charge in [0.2, 0.25) is 0 Å². The molecule has 0 bridgehead atoms. The SMILES string of the molecule is C=C(Nc1cncc(-c2ccc3[nH]nc(-c4cc5ccccc5[nH]4)c3c2)c1)C1CC1. The summed E-state index contributed by atoms with van der Waals surface area (Å²) in [4.78, 5) is 7.92. The van der Waals surface area contributed by atoms with Crippen LogP contribution in [0.3, 0.4) is 0 Å². The quantitative estimate of drug-likeness (QED) is 0.339. The van der Waals surface area contributed by atoms with E-state index in [0.29, 0.717) is 5.92 Å². The van der Waals surface area contributed by atoms with Gasteiger partial charge in [0, 0.05) is 33.7 Å². The summed E-state index contributed by atoms with van der Waals surface area (Å²) in [7, 11) is 0. The molecule has 0 atom stereocenters. The molecular weight excluding hydrogens is 370 g/mol. The van der Waals surface area contributed by atoms with Gasteiger partial charge < -0.3 is 10.3 Å². The Labute approximate surface area is 173 Å². The number of aromatic nitrogens is 4. The summed E-state index contributed by atoms with van der Waals surface area (Å²) in [5.74, 6) is 0.606. The number of H-pyrrole nitrogens is 2. The van der Waals surface area contributed by atoms with Crippen molar-refractivity contribution in [2.24, 2.45) is 5.92 Å². The van der Waals surface area contributed by atoms with Gasteiger partial charge in [-0.1, -0.05) is 30.8 Å². The molecule has 6 rings (SSSR count). The number of para-hydroxylation sites is 1. The van der Waals surface area contributed by atoms with Gasteiger partial charge in [-0.2, -0.15) is 5.10 Å². The zero-order valence-corrected chi connectivity index (χ0v) is 16.4. The van der Waals surface area contributed by atoms with Gasteiger partial charge in [0.25, 0.3) is 0 Å². The topological polar surface area (TPSA) is 69.4 Å². The first kappa shape index (κ1) is 17.0. The Morgan fingerprint density at radius 1 is 0.967 bits per heavy atom.